The highest BCUT2D eigenvalue weighted by Crippen LogP contribution is 2.16. The van der Waals surface area contributed by atoms with Gasteiger partial charge in [-0.3, -0.25) is 0 Å². The maximum Gasteiger partial charge on any atom is 0.352 e. The Morgan fingerprint density at radius 2 is 1.84 bits per heavy atom. The third-order valence-electron chi connectivity index (χ3n) is 2.65. The number of rotatable bonds is 4. The van der Waals surface area contributed by atoms with Gasteiger partial charge in [-0.25, -0.2) is 13.6 Å². The summed E-state index contributed by atoms with van der Waals surface area (Å²) in [6.45, 7) is 0.275. The van der Waals surface area contributed by atoms with Crippen LogP contribution in [-0.2, 0) is 13.0 Å². The third kappa shape index (κ3) is 3.32. The molecule has 0 aliphatic rings. The quantitative estimate of drug-likeness (QED) is 0.936. The maximum atomic E-state index is 13.0. The summed E-state index contributed by atoms with van der Waals surface area (Å²) in [5, 5.41) is 9.27. The summed E-state index contributed by atoms with van der Waals surface area (Å²) in [6.07, 6.45) is 1.78. The SMILES string of the molecule is O=C(O)c1cc(Cl)cn1CCc1cc(F)cc(F)c1. The molecule has 6 heteroatoms. The lowest BCUT2D eigenvalue weighted by atomic mass is 10.1. The Hall–Kier alpha value is -1.88. The van der Waals surface area contributed by atoms with E-state index in [9.17, 15) is 13.6 Å². The van der Waals surface area contributed by atoms with Gasteiger partial charge in [0.1, 0.15) is 17.3 Å². The van der Waals surface area contributed by atoms with Crippen molar-refractivity contribution in [2.75, 3.05) is 0 Å². The molecule has 0 unspecified atom stereocenters. The molecule has 0 fully saturated rings. The Morgan fingerprint density at radius 1 is 1.21 bits per heavy atom. The number of benzene rings is 1. The fourth-order valence-corrected chi connectivity index (χ4v) is 2.06. The number of carboxylic acid groups (broad SMARTS) is 1. The van der Waals surface area contributed by atoms with E-state index in [0.717, 1.165) is 6.07 Å². The van der Waals surface area contributed by atoms with E-state index >= 15 is 0 Å². The van der Waals surface area contributed by atoms with Crippen LogP contribution in [0.3, 0.4) is 0 Å². The molecule has 1 heterocycles. The van der Waals surface area contributed by atoms with E-state index in [4.69, 9.17) is 16.7 Å². The smallest absolute Gasteiger partial charge is 0.352 e. The number of hydrogen-bond acceptors (Lipinski definition) is 1. The van der Waals surface area contributed by atoms with Crippen LogP contribution in [0.4, 0.5) is 8.78 Å². The molecule has 0 spiro atoms. The zero-order valence-corrected chi connectivity index (χ0v) is 10.5. The number of carbonyl (C=O) groups is 1. The molecular weight excluding hydrogens is 276 g/mol. The van der Waals surface area contributed by atoms with Crippen molar-refractivity contribution in [2.24, 2.45) is 0 Å². The molecule has 0 amide bonds. The zero-order chi connectivity index (χ0) is 14.0. The molecule has 2 rings (SSSR count). The maximum absolute atomic E-state index is 13.0. The summed E-state index contributed by atoms with van der Waals surface area (Å²) in [5.74, 6) is -2.41. The van der Waals surface area contributed by atoms with Crippen LogP contribution in [0.2, 0.25) is 5.02 Å². The summed E-state index contributed by atoms with van der Waals surface area (Å²) in [7, 11) is 0. The Labute approximate surface area is 113 Å². The number of aryl methyl sites for hydroxylation is 2. The second kappa shape index (κ2) is 5.40. The van der Waals surface area contributed by atoms with Crippen LogP contribution in [-0.4, -0.2) is 15.6 Å². The normalized spacial score (nSPS) is 10.7. The van der Waals surface area contributed by atoms with Gasteiger partial charge in [0, 0.05) is 18.8 Å². The largest absolute Gasteiger partial charge is 0.477 e. The molecule has 0 bridgehead atoms. The van der Waals surface area contributed by atoms with Crippen molar-refractivity contribution >= 4 is 17.6 Å². The van der Waals surface area contributed by atoms with Gasteiger partial charge in [-0.05, 0) is 30.2 Å². The van der Waals surface area contributed by atoms with Crippen molar-refractivity contribution < 1.29 is 18.7 Å². The fraction of sp³-hybridized carbons (Fsp3) is 0.154. The first-order chi connectivity index (χ1) is 8.95. The van der Waals surface area contributed by atoms with Crippen molar-refractivity contribution in [1.82, 2.24) is 4.57 Å². The lowest BCUT2D eigenvalue weighted by molar-refractivity contribution is 0.0685. The van der Waals surface area contributed by atoms with Crippen LogP contribution in [0.5, 0.6) is 0 Å². The number of halogens is 3. The first-order valence-corrected chi connectivity index (χ1v) is 5.87. The topological polar surface area (TPSA) is 42.2 Å². The molecule has 1 N–H and O–H groups in total. The molecule has 0 saturated carbocycles. The van der Waals surface area contributed by atoms with Crippen molar-refractivity contribution in [2.45, 2.75) is 13.0 Å². The second-order valence-corrected chi connectivity index (χ2v) is 4.51. The van der Waals surface area contributed by atoms with Crippen molar-refractivity contribution in [3.63, 3.8) is 0 Å². The molecule has 0 atom stereocenters. The van der Waals surface area contributed by atoms with Crippen molar-refractivity contribution in [3.8, 4) is 0 Å². The monoisotopic (exact) mass is 285 g/mol. The van der Waals surface area contributed by atoms with Crippen LogP contribution in [0, 0.1) is 11.6 Å². The van der Waals surface area contributed by atoms with Crippen LogP contribution < -0.4 is 0 Å². The highest BCUT2D eigenvalue weighted by atomic mass is 35.5. The van der Waals surface area contributed by atoms with Gasteiger partial charge >= 0.3 is 5.97 Å². The number of nitrogens with zero attached hydrogens (tertiary/aromatic N) is 1. The van der Waals surface area contributed by atoms with Gasteiger partial charge < -0.3 is 9.67 Å². The summed E-state index contributed by atoms with van der Waals surface area (Å²) >= 11 is 5.74. The molecule has 3 nitrogen and oxygen atoms in total. The van der Waals surface area contributed by atoms with Gasteiger partial charge in [0.25, 0.3) is 0 Å². The van der Waals surface area contributed by atoms with Crippen molar-refractivity contribution in [3.05, 3.63) is 58.4 Å². The zero-order valence-electron chi connectivity index (χ0n) is 9.74. The average molecular weight is 286 g/mol. The van der Waals surface area contributed by atoms with E-state index in [1.54, 1.807) is 0 Å². The first-order valence-electron chi connectivity index (χ1n) is 5.49. The van der Waals surface area contributed by atoms with E-state index in [1.807, 2.05) is 0 Å². The van der Waals surface area contributed by atoms with Gasteiger partial charge in [0.05, 0.1) is 5.02 Å². The van der Waals surface area contributed by atoms with Gasteiger partial charge in [0.2, 0.25) is 0 Å². The van der Waals surface area contributed by atoms with E-state index < -0.39 is 17.6 Å². The van der Waals surface area contributed by atoms with Gasteiger partial charge in [0.15, 0.2) is 0 Å². The minimum atomic E-state index is -1.10. The molecule has 100 valence electrons. The summed E-state index contributed by atoms with van der Waals surface area (Å²) in [4.78, 5) is 11.0. The summed E-state index contributed by atoms with van der Waals surface area (Å²) in [6, 6.07) is 4.55. The molecular formula is C13H10ClF2NO2. The third-order valence-corrected chi connectivity index (χ3v) is 2.85. The highest BCUT2D eigenvalue weighted by molar-refractivity contribution is 6.30. The first kappa shape index (κ1) is 13.5. The summed E-state index contributed by atoms with van der Waals surface area (Å²) in [5.41, 5.74) is 0.500. The summed E-state index contributed by atoms with van der Waals surface area (Å²) < 4.78 is 27.4. The Kier molecular flexibility index (Phi) is 3.85. The van der Waals surface area contributed by atoms with E-state index in [2.05, 4.69) is 0 Å². The fourth-order valence-electron chi connectivity index (χ4n) is 1.84. The van der Waals surface area contributed by atoms with Crippen LogP contribution in [0.25, 0.3) is 0 Å². The van der Waals surface area contributed by atoms with Crippen molar-refractivity contribution in [1.29, 1.82) is 0 Å². The molecule has 2 aromatic rings. The van der Waals surface area contributed by atoms with Crippen LogP contribution in [0.15, 0.2) is 30.5 Å². The standard InChI is InChI=1S/C13H10ClF2NO2/c14-9-5-12(13(18)19)17(7-9)2-1-8-3-10(15)6-11(16)4-8/h3-7H,1-2H2,(H,18,19). The molecule has 0 saturated heterocycles. The van der Waals surface area contributed by atoms with E-state index in [1.165, 1.54) is 29.0 Å². The predicted octanol–water partition coefficient (Wildman–Crippen LogP) is 3.36. The molecule has 1 aromatic carbocycles. The predicted molar refractivity (Wildman–Crippen MR) is 66.5 cm³/mol. The lowest BCUT2D eigenvalue weighted by Gasteiger charge is -2.06. The molecule has 0 aliphatic carbocycles. The van der Waals surface area contributed by atoms with Gasteiger partial charge in [-0.1, -0.05) is 11.6 Å². The highest BCUT2D eigenvalue weighted by Gasteiger charge is 2.11. The van der Waals surface area contributed by atoms with E-state index in [0.29, 0.717) is 17.0 Å². The number of carboxylic acids is 1. The molecule has 0 radical (unpaired) electrons. The van der Waals surface area contributed by atoms with Gasteiger partial charge in [-0.15, -0.1) is 0 Å². The van der Waals surface area contributed by atoms with Gasteiger partial charge in [-0.2, -0.15) is 0 Å². The lowest BCUT2D eigenvalue weighted by Crippen LogP contribution is -2.09. The van der Waals surface area contributed by atoms with Crippen LogP contribution in [0.1, 0.15) is 16.1 Å². The van der Waals surface area contributed by atoms with E-state index in [-0.39, 0.29) is 12.2 Å². The molecule has 19 heavy (non-hydrogen) atoms. The average Bonchev–Trinajstić information content (AvgIpc) is 2.67. The Balaban J connectivity index is 2.16. The van der Waals surface area contributed by atoms with Crippen LogP contribution >= 0.6 is 11.6 Å². The number of aromatic carboxylic acids is 1. The minimum Gasteiger partial charge on any atom is -0.477 e. The number of hydrogen-bond donors (Lipinski definition) is 1. The Bertz CT molecular complexity index is 605. The molecule has 1 aromatic heterocycles. The Morgan fingerprint density at radius 3 is 2.42 bits per heavy atom. The minimum absolute atomic E-state index is 0.0434. The second-order valence-electron chi connectivity index (χ2n) is 4.07. The number of aromatic nitrogens is 1. The molecule has 0 aliphatic heterocycles.